The van der Waals surface area contributed by atoms with Crippen LogP contribution < -0.4 is 10.3 Å². The molecule has 0 radical (unpaired) electrons. The Morgan fingerprint density at radius 1 is 1.20 bits per heavy atom. The van der Waals surface area contributed by atoms with E-state index in [2.05, 4.69) is 4.98 Å². The Morgan fingerprint density at radius 3 is 2.74 bits per heavy atom. The van der Waals surface area contributed by atoms with E-state index >= 15 is 0 Å². The smallest absolute Gasteiger partial charge is 0.338 e. The Morgan fingerprint density at radius 2 is 2.03 bits per heavy atom. The predicted molar refractivity (Wildman–Crippen MR) is 130 cm³/mol. The molecule has 2 heterocycles. The van der Waals surface area contributed by atoms with Crippen LogP contribution in [-0.4, -0.2) is 56.6 Å². The number of rotatable bonds is 9. The number of fused-ring (bicyclic) bond motifs is 1. The molecule has 35 heavy (non-hydrogen) atoms. The third kappa shape index (κ3) is 5.55. The van der Waals surface area contributed by atoms with Gasteiger partial charge in [0.15, 0.2) is 0 Å². The summed E-state index contributed by atoms with van der Waals surface area (Å²) in [6, 6.07) is 12.6. The molecule has 1 saturated heterocycles. The van der Waals surface area contributed by atoms with Gasteiger partial charge in [-0.25, -0.2) is 13.2 Å². The number of sulfonamides is 1. The first-order chi connectivity index (χ1) is 16.8. The number of methoxy groups -OCH3 is 1. The molecule has 3 aromatic rings. The summed E-state index contributed by atoms with van der Waals surface area (Å²) in [4.78, 5) is 27.8. The van der Waals surface area contributed by atoms with Gasteiger partial charge in [-0.3, -0.25) is 4.79 Å². The maximum Gasteiger partial charge on any atom is 0.338 e. The van der Waals surface area contributed by atoms with Gasteiger partial charge in [0.1, 0.15) is 5.75 Å². The first-order valence-electron chi connectivity index (χ1n) is 11.4. The molecule has 0 spiro atoms. The number of H-pyrrole nitrogens is 1. The minimum Gasteiger partial charge on any atom is -0.497 e. The highest BCUT2D eigenvalue weighted by Crippen LogP contribution is 2.24. The summed E-state index contributed by atoms with van der Waals surface area (Å²) < 4.78 is 44.7. The molecule has 0 aliphatic carbocycles. The van der Waals surface area contributed by atoms with Gasteiger partial charge in [-0.15, -0.1) is 0 Å². The molecule has 0 unspecified atom stereocenters. The number of nitrogens with zero attached hydrogens (tertiary/aromatic N) is 1. The molecule has 1 N–H and O–H groups in total. The number of aromatic nitrogens is 1. The van der Waals surface area contributed by atoms with Crippen molar-refractivity contribution >= 4 is 26.9 Å². The summed E-state index contributed by atoms with van der Waals surface area (Å²) in [6.07, 6.45) is 1.28. The van der Waals surface area contributed by atoms with Crippen molar-refractivity contribution in [1.29, 1.82) is 0 Å². The SMILES string of the molecule is CCOC(=O)c1cccc(S(=O)(=O)N(Cc2cc3cc(OC)ccc3[nH]c2=O)C[C@H]2CCCO2)c1. The summed E-state index contributed by atoms with van der Waals surface area (Å²) >= 11 is 0. The van der Waals surface area contributed by atoms with E-state index in [0.717, 1.165) is 18.2 Å². The third-order valence-electron chi connectivity index (χ3n) is 5.89. The molecule has 1 atom stereocenters. The lowest BCUT2D eigenvalue weighted by Gasteiger charge is -2.25. The highest BCUT2D eigenvalue weighted by Gasteiger charge is 2.30. The predicted octanol–water partition coefficient (Wildman–Crippen LogP) is 3.08. The van der Waals surface area contributed by atoms with Crippen LogP contribution in [0, 0.1) is 0 Å². The molecule has 2 aromatic carbocycles. The second-order valence-corrected chi connectivity index (χ2v) is 10.2. The van der Waals surface area contributed by atoms with Crippen molar-refractivity contribution in [2.75, 3.05) is 26.9 Å². The Labute approximate surface area is 203 Å². The van der Waals surface area contributed by atoms with Crippen LogP contribution in [0.4, 0.5) is 0 Å². The lowest BCUT2D eigenvalue weighted by molar-refractivity contribution is 0.0526. The van der Waals surface area contributed by atoms with Gasteiger partial charge < -0.3 is 19.2 Å². The van der Waals surface area contributed by atoms with Crippen molar-refractivity contribution in [3.05, 3.63) is 70.0 Å². The minimum atomic E-state index is -4.07. The van der Waals surface area contributed by atoms with E-state index in [1.807, 2.05) is 0 Å². The normalized spacial score (nSPS) is 16.0. The van der Waals surface area contributed by atoms with Gasteiger partial charge in [0, 0.05) is 36.2 Å². The fourth-order valence-corrected chi connectivity index (χ4v) is 5.57. The van der Waals surface area contributed by atoms with Crippen LogP contribution in [0.1, 0.15) is 35.7 Å². The van der Waals surface area contributed by atoms with E-state index in [9.17, 15) is 18.0 Å². The number of benzene rings is 2. The molecule has 9 nitrogen and oxygen atoms in total. The minimum absolute atomic E-state index is 0.0556. The Bertz CT molecular complexity index is 1380. The van der Waals surface area contributed by atoms with Gasteiger partial charge >= 0.3 is 5.97 Å². The quantitative estimate of drug-likeness (QED) is 0.449. The van der Waals surface area contributed by atoms with Crippen LogP contribution in [0.3, 0.4) is 0 Å². The number of aromatic amines is 1. The lowest BCUT2D eigenvalue weighted by atomic mass is 10.1. The van der Waals surface area contributed by atoms with Gasteiger partial charge in [-0.1, -0.05) is 6.07 Å². The number of carbonyl (C=O) groups excluding carboxylic acids is 1. The van der Waals surface area contributed by atoms with Crippen molar-refractivity contribution < 1.29 is 27.4 Å². The number of ether oxygens (including phenoxy) is 3. The maximum atomic E-state index is 13.7. The highest BCUT2D eigenvalue weighted by atomic mass is 32.2. The van der Waals surface area contributed by atoms with Gasteiger partial charge in [0.25, 0.3) is 5.56 Å². The number of nitrogens with one attached hydrogen (secondary N) is 1. The molecule has 186 valence electrons. The van der Waals surface area contributed by atoms with Crippen molar-refractivity contribution in [3.8, 4) is 5.75 Å². The number of hydrogen-bond donors (Lipinski definition) is 1. The monoisotopic (exact) mass is 500 g/mol. The van der Waals surface area contributed by atoms with E-state index < -0.39 is 16.0 Å². The lowest BCUT2D eigenvalue weighted by Crippen LogP contribution is -2.38. The Kier molecular flexibility index (Phi) is 7.54. The van der Waals surface area contributed by atoms with Crippen molar-refractivity contribution in [2.45, 2.75) is 37.3 Å². The van der Waals surface area contributed by atoms with Crippen molar-refractivity contribution in [3.63, 3.8) is 0 Å². The molecule has 0 bridgehead atoms. The molecular formula is C25H28N2O7S. The topological polar surface area (TPSA) is 115 Å². The van der Waals surface area contributed by atoms with E-state index in [1.165, 1.54) is 28.6 Å². The van der Waals surface area contributed by atoms with Gasteiger partial charge in [-0.2, -0.15) is 4.31 Å². The first kappa shape index (κ1) is 24.9. The number of carbonyl (C=O) groups is 1. The van der Waals surface area contributed by atoms with Crippen LogP contribution in [0.15, 0.2) is 58.2 Å². The fraction of sp³-hybridized carbons (Fsp3) is 0.360. The van der Waals surface area contributed by atoms with Gasteiger partial charge in [0.2, 0.25) is 10.0 Å². The van der Waals surface area contributed by atoms with Crippen LogP contribution in [-0.2, 0) is 26.0 Å². The molecule has 1 aliphatic heterocycles. The van der Waals surface area contributed by atoms with Crippen molar-refractivity contribution in [1.82, 2.24) is 9.29 Å². The molecule has 1 fully saturated rings. The van der Waals surface area contributed by atoms with Crippen molar-refractivity contribution in [2.24, 2.45) is 0 Å². The molecule has 0 amide bonds. The number of esters is 1. The highest BCUT2D eigenvalue weighted by molar-refractivity contribution is 7.89. The summed E-state index contributed by atoms with van der Waals surface area (Å²) in [5.74, 6) is 0.0188. The van der Waals surface area contributed by atoms with Crippen LogP contribution in [0.5, 0.6) is 5.75 Å². The third-order valence-corrected chi connectivity index (χ3v) is 7.70. The molecule has 4 rings (SSSR count). The Hall–Kier alpha value is -3.21. The molecule has 10 heteroatoms. The van der Waals surface area contributed by atoms with E-state index in [4.69, 9.17) is 14.2 Å². The summed E-state index contributed by atoms with van der Waals surface area (Å²) in [5.41, 5.74) is 0.667. The maximum absolute atomic E-state index is 13.7. The van der Waals surface area contributed by atoms with Crippen LogP contribution in [0.2, 0.25) is 0 Å². The van der Waals surface area contributed by atoms with E-state index in [-0.39, 0.29) is 47.4 Å². The second-order valence-electron chi connectivity index (χ2n) is 8.26. The van der Waals surface area contributed by atoms with Crippen LogP contribution in [0.25, 0.3) is 10.9 Å². The zero-order valence-corrected chi connectivity index (χ0v) is 20.5. The molecule has 1 aliphatic rings. The zero-order valence-electron chi connectivity index (χ0n) is 19.7. The molecular weight excluding hydrogens is 472 g/mol. The largest absolute Gasteiger partial charge is 0.497 e. The van der Waals surface area contributed by atoms with Crippen LogP contribution >= 0.6 is 0 Å². The zero-order chi connectivity index (χ0) is 25.0. The fourth-order valence-electron chi connectivity index (χ4n) is 4.07. The number of hydrogen-bond acceptors (Lipinski definition) is 7. The Balaban J connectivity index is 1.72. The van der Waals surface area contributed by atoms with Gasteiger partial charge in [-0.05, 0) is 62.2 Å². The standard InChI is InChI=1S/C25H28N2O7S/c1-3-33-25(29)17-6-4-8-22(14-17)35(30,31)27(16-21-7-5-11-34-21)15-19-12-18-13-20(32-2)9-10-23(18)26-24(19)28/h4,6,8-10,12-14,21H,3,5,7,11,15-16H2,1-2H3,(H,26,28)/t21-/m1/s1. The summed E-state index contributed by atoms with van der Waals surface area (Å²) in [7, 11) is -2.52. The van der Waals surface area contributed by atoms with E-state index in [1.54, 1.807) is 38.3 Å². The average Bonchev–Trinajstić information content (AvgIpc) is 3.37. The van der Waals surface area contributed by atoms with Gasteiger partial charge in [0.05, 0.1) is 30.3 Å². The molecule has 0 saturated carbocycles. The van der Waals surface area contributed by atoms with E-state index in [0.29, 0.717) is 17.9 Å². The number of pyridine rings is 1. The summed E-state index contributed by atoms with van der Waals surface area (Å²) in [6.45, 7) is 2.35. The second kappa shape index (κ2) is 10.6. The average molecular weight is 501 g/mol. The summed E-state index contributed by atoms with van der Waals surface area (Å²) in [5, 5.41) is 0.720. The molecule has 1 aromatic heterocycles. The first-order valence-corrected chi connectivity index (χ1v) is 12.8.